The molecule has 0 bridgehead atoms. The number of rotatable bonds is 3. The quantitative estimate of drug-likeness (QED) is 0.522. The van der Waals surface area contributed by atoms with Crippen LogP contribution in [0.5, 0.6) is 0 Å². The second kappa shape index (κ2) is 4.92. The van der Waals surface area contributed by atoms with Gasteiger partial charge in [0, 0.05) is 20.0 Å². The van der Waals surface area contributed by atoms with Gasteiger partial charge in [-0.15, -0.1) is 0 Å². The Hall–Kier alpha value is -0.430. The third-order valence-corrected chi connectivity index (χ3v) is 6.67. The van der Waals surface area contributed by atoms with Gasteiger partial charge in [-0.25, -0.2) is 4.99 Å². The van der Waals surface area contributed by atoms with E-state index in [2.05, 4.69) is 4.99 Å². The van der Waals surface area contributed by atoms with Gasteiger partial charge in [-0.1, -0.05) is 0 Å². The van der Waals surface area contributed by atoms with Crippen LogP contribution >= 0.6 is 15.2 Å². The number of hydrogen-bond acceptors (Lipinski definition) is 5. The van der Waals surface area contributed by atoms with Gasteiger partial charge in [0.25, 0.3) is 11.0 Å². The maximum atomic E-state index is 11.4. The molecule has 0 aromatic rings. The van der Waals surface area contributed by atoms with Crippen molar-refractivity contribution in [3.8, 4) is 0 Å². The molecule has 1 rings (SSSR count). The molecule has 106 valence electrons. The molecule has 1 aliphatic heterocycles. The third-order valence-electron chi connectivity index (χ3n) is 2.59. The molecule has 0 fully saturated rings. The van der Waals surface area contributed by atoms with Gasteiger partial charge in [0.2, 0.25) is 0 Å². The Morgan fingerprint density at radius 2 is 1.83 bits per heavy atom. The van der Waals surface area contributed by atoms with Crippen molar-refractivity contribution in [2.45, 2.75) is 18.4 Å². The average molecular weight is 302 g/mol. The second-order valence-corrected chi connectivity index (χ2v) is 7.87. The van der Waals surface area contributed by atoms with Crippen LogP contribution in [-0.2, 0) is 13.9 Å². The molecule has 1 aliphatic rings. The predicted octanol–water partition coefficient (Wildman–Crippen LogP) is -0.276. The van der Waals surface area contributed by atoms with Gasteiger partial charge in [-0.05, 0) is 6.92 Å². The fraction of sp³-hybridized carbons (Fsp3) is 0.857. The van der Waals surface area contributed by atoms with E-state index in [1.807, 2.05) is 0 Å². The zero-order valence-corrected chi connectivity index (χ0v) is 11.7. The predicted molar refractivity (Wildman–Crippen MR) is 63.1 cm³/mol. The minimum atomic E-state index is -5.14. The summed E-state index contributed by atoms with van der Waals surface area (Å²) in [7, 11) is -8.72. The lowest BCUT2D eigenvalue weighted by Crippen LogP contribution is -2.43. The van der Waals surface area contributed by atoms with Crippen LogP contribution in [0.2, 0.25) is 0 Å². The standard InChI is InChI=1S/C7H16N2O7P2/c1-3-16-6-8-7(17(10,11)12,18(13,14)15)4-5-9(6)2/h3-5H2,1-2H3,(H2,10,11,12)(H2,13,14,15). The lowest BCUT2D eigenvalue weighted by Gasteiger charge is -2.37. The van der Waals surface area contributed by atoms with Crippen LogP contribution in [0.1, 0.15) is 13.3 Å². The highest BCUT2D eigenvalue weighted by molar-refractivity contribution is 7.72. The largest absolute Gasteiger partial charge is 0.465 e. The molecular weight excluding hydrogens is 286 g/mol. The SMILES string of the molecule is CCOC1=NC(P(=O)(O)O)(P(=O)(O)O)CCN1C. The molecule has 1 heterocycles. The summed E-state index contributed by atoms with van der Waals surface area (Å²) in [5.41, 5.74) is 0. The third kappa shape index (κ3) is 2.61. The molecule has 0 radical (unpaired) electrons. The molecule has 0 spiro atoms. The van der Waals surface area contributed by atoms with E-state index < -0.39 is 26.6 Å². The first-order valence-corrected chi connectivity index (χ1v) is 8.32. The van der Waals surface area contributed by atoms with Crippen molar-refractivity contribution < 1.29 is 33.4 Å². The Morgan fingerprint density at radius 1 is 1.33 bits per heavy atom. The van der Waals surface area contributed by atoms with Crippen molar-refractivity contribution >= 4 is 21.2 Å². The number of hydrogen-bond donors (Lipinski definition) is 4. The zero-order valence-electron chi connectivity index (χ0n) is 9.92. The molecule has 0 unspecified atom stereocenters. The first-order chi connectivity index (χ1) is 8.05. The molecule has 0 aromatic carbocycles. The Bertz CT molecular complexity index is 417. The summed E-state index contributed by atoms with van der Waals surface area (Å²) in [6, 6.07) is -0.185. The first-order valence-electron chi connectivity index (χ1n) is 5.10. The van der Waals surface area contributed by atoms with E-state index >= 15 is 0 Å². The van der Waals surface area contributed by atoms with Crippen LogP contribution in [0.3, 0.4) is 0 Å². The molecule has 0 aromatic heterocycles. The Balaban J connectivity index is 3.39. The van der Waals surface area contributed by atoms with E-state index in [1.165, 1.54) is 4.90 Å². The highest BCUT2D eigenvalue weighted by atomic mass is 31.2. The average Bonchev–Trinajstić information content (AvgIpc) is 2.18. The number of ether oxygens (including phenoxy) is 1. The number of aliphatic imine (C=N–C) groups is 1. The smallest absolute Gasteiger partial charge is 0.365 e. The van der Waals surface area contributed by atoms with E-state index in [1.54, 1.807) is 14.0 Å². The molecule has 0 saturated heterocycles. The molecule has 0 atom stereocenters. The Kier molecular flexibility index (Phi) is 4.27. The minimum Gasteiger partial charge on any atom is -0.465 e. The summed E-state index contributed by atoms with van der Waals surface area (Å²) in [6.07, 6.45) is -0.450. The summed E-state index contributed by atoms with van der Waals surface area (Å²) in [6.45, 7) is 1.82. The van der Waals surface area contributed by atoms with Crippen molar-refractivity contribution in [2.24, 2.45) is 4.99 Å². The van der Waals surface area contributed by atoms with Crippen LogP contribution in [0.4, 0.5) is 0 Å². The van der Waals surface area contributed by atoms with Gasteiger partial charge < -0.3 is 29.2 Å². The highest BCUT2D eigenvalue weighted by Gasteiger charge is 2.62. The molecule has 0 aliphatic carbocycles. The summed E-state index contributed by atoms with van der Waals surface area (Å²) in [5, 5.41) is -2.74. The Morgan fingerprint density at radius 3 is 2.22 bits per heavy atom. The highest BCUT2D eigenvalue weighted by Crippen LogP contribution is 2.72. The number of amidine groups is 1. The van der Waals surface area contributed by atoms with E-state index in [0.717, 1.165) is 0 Å². The summed E-state index contributed by atoms with van der Waals surface area (Å²) in [4.78, 5) is 41.9. The number of nitrogens with zero attached hydrogens (tertiary/aromatic N) is 2. The van der Waals surface area contributed by atoms with Gasteiger partial charge >= 0.3 is 15.2 Å². The summed E-state index contributed by atoms with van der Waals surface area (Å²) >= 11 is 0. The topological polar surface area (TPSA) is 140 Å². The van der Waals surface area contributed by atoms with Gasteiger partial charge in [0.05, 0.1) is 6.61 Å². The fourth-order valence-electron chi connectivity index (χ4n) is 1.57. The molecule has 9 nitrogen and oxygen atoms in total. The van der Waals surface area contributed by atoms with Gasteiger partial charge in [-0.3, -0.25) is 9.13 Å². The van der Waals surface area contributed by atoms with Crippen molar-refractivity contribution in [1.29, 1.82) is 0 Å². The van der Waals surface area contributed by atoms with Crippen molar-refractivity contribution in [3.63, 3.8) is 0 Å². The van der Waals surface area contributed by atoms with Crippen LogP contribution in [0, 0.1) is 0 Å². The van der Waals surface area contributed by atoms with Gasteiger partial charge in [0.15, 0.2) is 0 Å². The lowest BCUT2D eigenvalue weighted by molar-refractivity contribution is 0.223. The van der Waals surface area contributed by atoms with E-state index in [4.69, 9.17) is 4.74 Å². The molecule has 0 amide bonds. The van der Waals surface area contributed by atoms with Crippen molar-refractivity contribution in [2.75, 3.05) is 20.2 Å². The molecule has 18 heavy (non-hydrogen) atoms. The maximum absolute atomic E-state index is 11.4. The Labute approximate surface area is 104 Å². The first kappa shape index (κ1) is 15.6. The zero-order chi connectivity index (χ0) is 14.2. The normalized spacial score (nSPS) is 20.6. The molecule has 0 saturated carbocycles. The molecule has 4 N–H and O–H groups in total. The van der Waals surface area contributed by atoms with E-state index in [0.29, 0.717) is 0 Å². The monoisotopic (exact) mass is 302 g/mol. The second-order valence-electron chi connectivity index (χ2n) is 3.86. The van der Waals surface area contributed by atoms with E-state index in [9.17, 15) is 28.7 Å². The summed E-state index contributed by atoms with van der Waals surface area (Å²) in [5.74, 6) is 0. The maximum Gasteiger partial charge on any atom is 0.365 e. The van der Waals surface area contributed by atoms with Crippen LogP contribution in [0.15, 0.2) is 4.99 Å². The van der Waals surface area contributed by atoms with Crippen LogP contribution < -0.4 is 0 Å². The fourth-order valence-corrected chi connectivity index (χ4v) is 4.14. The van der Waals surface area contributed by atoms with E-state index in [-0.39, 0.29) is 19.2 Å². The van der Waals surface area contributed by atoms with Crippen molar-refractivity contribution in [1.82, 2.24) is 4.90 Å². The van der Waals surface area contributed by atoms with Crippen LogP contribution in [-0.4, -0.2) is 55.7 Å². The summed E-state index contributed by atoms with van der Waals surface area (Å²) < 4.78 is 27.9. The molecule has 11 heteroatoms. The van der Waals surface area contributed by atoms with Crippen LogP contribution in [0.25, 0.3) is 0 Å². The minimum absolute atomic E-state index is 0.0229. The van der Waals surface area contributed by atoms with Crippen molar-refractivity contribution in [3.05, 3.63) is 0 Å². The van der Waals surface area contributed by atoms with Gasteiger partial charge in [0.1, 0.15) is 0 Å². The molecular formula is C7H16N2O7P2. The lowest BCUT2D eigenvalue weighted by atomic mass is 10.3. The van der Waals surface area contributed by atoms with Gasteiger partial charge in [-0.2, -0.15) is 0 Å².